The number of carbonyl (C=O) groups is 1. The Kier molecular flexibility index (Phi) is 3.92. The number of benzene rings is 1. The van der Waals surface area contributed by atoms with Crippen LogP contribution < -0.4 is 5.73 Å². The summed E-state index contributed by atoms with van der Waals surface area (Å²) in [6.45, 7) is 2.18. The molecule has 3 rings (SSSR count). The van der Waals surface area contributed by atoms with Crippen LogP contribution in [0.5, 0.6) is 0 Å². The molecule has 2 N–H and O–H groups in total. The van der Waals surface area contributed by atoms with Gasteiger partial charge < -0.3 is 15.2 Å². The lowest BCUT2D eigenvalue weighted by Gasteiger charge is -2.27. The summed E-state index contributed by atoms with van der Waals surface area (Å²) in [6.07, 6.45) is 5.43. The maximum Gasteiger partial charge on any atom is 0.242 e. The SMILES string of the molecule is NC(=S)c1ccc2c(ccn2CC(=O)N2CCCCC2)c1. The second kappa shape index (κ2) is 5.85. The second-order valence-electron chi connectivity index (χ2n) is 5.52. The first-order valence-electron chi connectivity index (χ1n) is 7.31. The van der Waals surface area contributed by atoms with E-state index in [-0.39, 0.29) is 5.91 Å². The molecule has 0 radical (unpaired) electrons. The van der Waals surface area contributed by atoms with Gasteiger partial charge in [0.25, 0.3) is 0 Å². The average Bonchev–Trinajstić information content (AvgIpc) is 2.90. The molecule has 1 saturated heterocycles. The molecule has 0 aliphatic carbocycles. The fraction of sp³-hybridized carbons (Fsp3) is 0.375. The molecule has 1 aliphatic rings. The summed E-state index contributed by atoms with van der Waals surface area (Å²) in [5.74, 6) is 0.200. The van der Waals surface area contributed by atoms with E-state index < -0.39 is 0 Å². The smallest absolute Gasteiger partial charge is 0.242 e. The minimum absolute atomic E-state index is 0.200. The number of nitrogens with zero attached hydrogens (tertiary/aromatic N) is 2. The van der Waals surface area contributed by atoms with Gasteiger partial charge in [0.05, 0.1) is 0 Å². The molecule has 5 heteroatoms. The molecule has 0 saturated carbocycles. The maximum absolute atomic E-state index is 12.3. The van der Waals surface area contributed by atoms with Gasteiger partial charge in [-0.3, -0.25) is 4.79 Å². The van der Waals surface area contributed by atoms with E-state index in [1.807, 2.05) is 39.9 Å². The van der Waals surface area contributed by atoms with E-state index in [0.717, 1.165) is 42.4 Å². The lowest BCUT2D eigenvalue weighted by Crippen LogP contribution is -2.37. The Bertz CT molecular complexity index is 686. The van der Waals surface area contributed by atoms with Gasteiger partial charge in [0.2, 0.25) is 5.91 Å². The molecule has 1 fully saturated rings. The minimum Gasteiger partial charge on any atom is -0.389 e. The number of rotatable bonds is 3. The van der Waals surface area contributed by atoms with Crippen LogP contribution >= 0.6 is 12.2 Å². The molecule has 0 bridgehead atoms. The Labute approximate surface area is 129 Å². The van der Waals surface area contributed by atoms with E-state index in [1.165, 1.54) is 6.42 Å². The standard InChI is InChI=1S/C16H19N3OS/c17-16(21)13-4-5-14-12(10-13)6-9-19(14)11-15(20)18-7-2-1-3-8-18/h4-6,9-10H,1-3,7-8,11H2,(H2,17,21). The van der Waals surface area contributed by atoms with Gasteiger partial charge in [-0.25, -0.2) is 0 Å². The zero-order valence-corrected chi connectivity index (χ0v) is 12.7. The van der Waals surface area contributed by atoms with Crippen molar-refractivity contribution in [1.29, 1.82) is 0 Å². The quantitative estimate of drug-likeness (QED) is 0.885. The third-order valence-electron chi connectivity index (χ3n) is 4.07. The van der Waals surface area contributed by atoms with E-state index in [1.54, 1.807) is 0 Å². The molecule has 0 atom stereocenters. The Morgan fingerprint density at radius 2 is 1.95 bits per heavy atom. The first-order chi connectivity index (χ1) is 10.1. The van der Waals surface area contributed by atoms with Gasteiger partial charge in [0.15, 0.2) is 0 Å². The molecule has 0 spiro atoms. The fourth-order valence-corrected chi connectivity index (χ4v) is 3.01. The van der Waals surface area contributed by atoms with Crippen LogP contribution in [0.25, 0.3) is 10.9 Å². The van der Waals surface area contributed by atoms with Gasteiger partial charge in [0.1, 0.15) is 11.5 Å². The largest absolute Gasteiger partial charge is 0.389 e. The molecule has 1 amide bonds. The van der Waals surface area contributed by atoms with E-state index in [0.29, 0.717) is 11.5 Å². The fourth-order valence-electron chi connectivity index (χ4n) is 2.88. The van der Waals surface area contributed by atoms with Crippen LogP contribution in [0.3, 0.4) is 0 Å². The average molecular weight is 301 g/mol. The summed E-state index contributed by atoms with van der Waals surface area (Å²) in [5, 5.41) is 1.06. The number of fused-ring (bicyclic) bond motifs is 1. The van der Waals surface area contributed by atoms with E-state index in [9.17, 15) is 4.79 Å². The summed E-state index contributed by atoms with van der Waals surface area (Å²) in [6, 6.07) is 7.86. The van der Waals surface area contributed by atoms with Gasteiger partial charge in [0, 0.05) is 35.8 Å². The van der Waals surface area contributed by atoms with Crippen LogP contribution in [0.2, 0.25) is 0 Å². The molecule has 2 aromatic rings. The molecule has 110 valence electrons. The number of aromatic nitrogens is 1. The summed E-state index contributed by atoms with van der Waals surface area (Å²) < 4.78 is 2.00. The first-order valence-corrected chi connectivity index (χ1v) is 7.72. The van der Waals surface area contributed by atoms with Crippen molar-refractivity contribution in [2.75, 3.05) is 13.1 Å². The van der Waals surface area contributed by atoms with Crippen molar-refractivity contribution < 1.29 is 4.79 Å². The minimum atomic E-state index is 0.200. The number of nitrogens with two attached hydrogens (primary N) is 1. The van der Waals surface area contributed by atoms with Gasteiger partial charge in [-0.05, 0) is 43.5 Å². The Hall–Kier alpha value is -1.88. The molecule has 21 heavy (non-hydrogen) atoms. The van der Waals surface area contributed by atoms with Crippen LogP contribution in [0, 0.1) is 0 Å². The monoisotopic (exact) mass is 301 g/mol. The van der Waals surface area contributed by atoms with Crippen molar-refractivity contribution in [1.82, 2.24) is 9.47 Å². The summed E-state index contributed by atoms with van der Waals surface area (Å²) in [4.78, 5) is 14.7. The highest BCUT2D eigenvalue weighted by molar-refractivity contribution is 7.80. The van der Waals surface area contributed by atoms with Gasteiger partial charge >= 0.3 is 0 Å². The maximum atomic E-state index is 12.3. The van der Waals surface area contributed by atoms with Crippen LogP contribution in [0.1, 0.15) is 24.8 Å². The van der Waals surface area contributed by atoms with Crippen molar-refractivity contribution in [3.8, 4) is 0 Å². The van der Waals surface area contributed by atoms with Crippen molar-refractivity contribution >= 4 is 34.0 Å². The Morgan fingerprint density at radius 3 is 2.67 bits per heavy atom. The lowest BCUT2D eigenvalue weighted by atomic mass is 10.1. The van der Waals surface area contributed by atoms with E-state index >= 15 is 0 Å². The number of hydrogen-bond donors (Lipinski definition) is 1. The van der Waals surface area contributed by atoms with Gasteiger partial charge in [-0.15, -0.1) is 0 Å². The zero-order valence-electron chi connectivity index (χ0n) is 11.9. The molecular weight excluding hydrogens is 282 g/mol. The predicted octanol–water partition coefficient (Wildman–Crippen LogP) is 2.29. The number of carbonyl (C=O) groups excluding carboxylic acids is 1. The summed E-state index contributed by atoms with van der Waals surface area (Å²) in [7, 11) is 0. The summed E-state index contributed by atoms with van der Waals surface area (Å²) in [5.41, 5.74) is 7.55. The molecule has 2 heterocycles. The van der Waals surface area contributed by atoms with Crippen LogP contribution in [0.15, 0.2) is 30.5 Å². The van der Waals surface area contributed by atoms with Crippen molar-refractivity contribution in [3.05, 3.63) is 36.0 Å². The molecule has 1 aromatic carbocycles. The number of thiocarbonyl (C=S) groups is 1. The molecule has 1 aliphatic heterocycles. The highest BCUT2D eigenvalue weighted by Gasteiger charge is 2.17. The molecule has 0 unspecified atom stereocenters. The van der Waals surface area contributed by atoms with Crippen LogP contribution in [-0.2, 0) is 11.3 Å². The number of amides is 1. The van der Waals surface area contributed by atoms with Gasteiger partial charge in [-0.1, -0.05) is 12.2 Å². The third kappa shape index (κ3) is 2.93. The third-order valence-corrected chi connectivity index (χ3v) is 4.31. The summed E-state index contributed by atoms with van der Waals surface area (Å²) >= 11 is 5.00. The van der Waals surface area contributed by atoms with Crippen LogP contribution in [0.4, 0.5) is 0 Å². The Morgan fingerprint density at radius 1 is 1.19 bits per heavy atom. The van der Waals surface area contributed by atoms with Gasteiger partial charge in [-0.2, -0.15) is 0 Å². The van der Waals surface area contributed by atoms with E-state index in [4.69, 9.17) is 18.0 Å². The van der Waals surface area contributed by atoms with Crippen LogP contribution in [-0.4, -0.2) is 33.5 Å². The second-order valence-corrected chi connectivity index (χ2v) is 5.96. The van der Waals surface area contributed by atoms with Crippen molar-refractivity contribution in [2.24, 2.45) is 5.73 Å². The highest BCUT2D eigenvalue weighted by Crippen LogP contribution is 2.18. The first kappa shape index (κ1) is 14.1. The number of piperidine rings is 1. The highest BCUT2D eigenvalue weighted by atomic mass is 32.1. The lowest BCUT2D eigenvalue weighted by molar-refractivity contribution is -0.132. The Balaban J connectivity index is 1.80. The normalized spacial score (nSPS) is 15.3. The molecule has 1 aromatic heterocycles. The van der Waals surface area contributed by atoms with Crippen molar-refractivity contribution in [2.45, 2.75) is 25.8 Å². The number of hydrogen-bond acceptors (Lipinski definition) is 2. The van der Waals surface area contributed by atoms with E-state index in [2.05, 4.69) is 0 Å². The predicted molar refractivity (Wildman–Crippen MR) is 88.3 cm³/mol. The molecule has 4 nitrogen and oxygen atoms in total. The van der Waals surface area contributed by atoms with Crippen molar-refractivity contribution in [3.63, 3.8) is 0 Å². The zero-order chi connectivity index (χ0) is 14.8. The topological polar surface area (TPSA) is 51.3 Å². The number of likely N-dealkylation sites (tertiary alicyclic amines) is 1. The molecular formula is C16H19N3OS.